The molecule has 5 nitrogen and oxygen atoms in total. The van der Waals surface area contributed by atoms with Gasteiger partial charge in [0.2, 0.25) is 0 Å². The average molecular weight is 336 g/mol. The van der Waals surface area contributed by atoms with Gasteiger partial charge < -0.3 is 10.2 Å². The maximum atomic E-state index is 13.1. The van der Waals surface area contributed by atoms with Crippen LogP contribution in [0.4, 0.5) is 15.8 Å². The first-order valence-electron chi connectivity index (χ1n) is 8.14. The number of hydrogen-bond acceptors (Lipinski definition) is 3. The normalized spacial score (nSPS) is 13.6. The van der Waals surface area contributed by atoms with Crippen LogP contribution < -0.4 is 10.2 Å². The van der Waals surface area contributed by atoms with E-state index in [4.69, 9.17) is 0 Å². The number of anilines is 2. The van der Waals surface area contributed by atoms with Gasteiger partial charge in [-0.25, -0.2) is 4.39 Å². The topological polar surface area (TPSA) is 50.2 Å². The zero-order chi connectivity index (χ0) is 17.2. The van der Waals surface area contributed by atoms with Crippen molar-refractivity contribution in [3.8, 4) is 0 Å². The Morgan fingerprint density at radius 2 is 1.80 bits per heavy atom. The number of nitrogens with zero attached hydrogens (tertiary/aromatic N) is 3. The van der Waals surface area contributed by atoms with Crippen molar-refractivity contribution in [2.45, 2.75) is 13.1 Å². The Balaban J connectivity index is 1.51. The highest BCUT2D eigenvalue weighted by atomic mass is 19.1. The van der Waals surface area contributed by atoms with Crippen LogP contribution in [0.5, 0.6) is 0 Å². The van der Waals surface area contributed by atoms with E-state index in [2.05, 4.69) is 10.4 Å². The number of fused-ring (bicyclic) bond motifs is 1. The molecule has 2 heterocycles. The molecule has 0 bridgehead atoms. The molecule has 0 aliphatic carbocycles. The number of amides is 1. The van der Waals surface area contributed by atoms with Crippen LogP contribution in [0.2, 0.25) is 0 Å². The fourth-order valence-electron chi connectivity index (χ4n) is 2.95. The van der Waals surface area contributed by atoms with Gasteiger partial charge >= 0.3 is 0 Å². The standard InChI is InChI=1S/C19H17FN4O/c20-14-6-8-17(9-7-14)23-10-11-24-18(19(23)25)12-16(22-24)13-21-15-4-2-1-3-5-15/h1-9,12,21H,10-11,13H2. The molecule has 4 rings (SSSR count). The van der Waals surface area contributed by atoms with Gasteiger partial charge in [-0.1, -0.05) is 18.2 Å². The first-order valence-corrected chi connectivity index (χ1v) is 8.14. The van der Waals surface area contributed by atoms with Crippen molar-refractivity contribution in [1.82, 2.24) is 9.78 Å². The third kappa shape index (κ3) is 3.10. The molecule has 0 atom stereocenters. The van der Waals surface area contributed by atoms with Crippen LogP contribution in [0.3, 0.4) is 0 Å². The number of carbonyl (C=O) groups excluding carboxylic acids is 1. The number of rotatable bonds is 4. The van der Waals surface area contributed by atoms with E-state index in [1.165, 1.54) is 12.1 Å². The van der Waals surface area contributed by atoms with Gasteiger partial charge in [0.05, 0.1) is 18.8 Å². The monoisotopic (exact) mass is 336 g/mol. The molecular weight excluding hydrogens is 319 g/mol. The minimum Gasteiger partial charge on any atom is -0.379 e. The lowest BCUT2D eigenvalue weighted by atomic mass is 10.2. The molecule has 0 saturated heterocycles. The summed E-state index contributed by atoms with van der Waals surface area (Å²) in [6, 6.07) is 17.6. The molecule has 2 aromatic carbocycles. The highest BCUT2D eigenvalue weighted by Gasteiger charge is 2.27. The summed E-state index contributed by atoms with van der Waals surface area (Å²) < 4.78 is 14.8. The second-order valence-electron chi connectivity index (χ2n) is 5.90. The molecule has 0 unspecified atom stereocenters. The van der Waals surface area contributed by atoms with Crippen molar-refractivity contribution in [2.75, 3.05) is 16.8 Å². The molecule has 1 aliphatic rings. The molecule has 126 valence electrons. The Morgan fingerprint density at radius 1 is 1.04 bits per heavy atom. The van der Waals surface area contributed by atoms with Crippen LogP contribution in [0.1, 0.15) is 16.2 Å². The quantitative estimate of drug-likeness (QED) is 0.795. The fraction of sp³-hybridized carbons (Fsp3) is 0.158. The predicted molar refractivity (Wildman–Crippen MR) is 94.1 cm³/mol. The summed E-state index contributed by atoms with van der Waals surface area (Å²) in [5.74, 6) is -0.427. The SMILES string of the molecule is O=C1c2cc(CNc3ccccc3)nn2CCN1c1ccc(F)cc1. The molecular formula is C19H17FN4O. The van der Waals surface area contributed by atoms with E-state index >= 15 is 0 Å². The Kier molecular flexibility index (Phi) is 3.93. The summed E-state index contributed by atoms with van der Waals surface area (Å²) in [5.41, 5.74) is 3.07. The van der Waals surface area contributed by atoms with E-state index in [1.54, 1.807) is 21.7 Å². The van der Waals surface area contributed by atoms with Gasteiger partial charge in [-0.3, -0.25) is 9.48 Å². The van der Waals surface area contributed by atoms with Crippen LogP contribution in [0.15, 0.2) is 60.7 Å². The van der Waals surface area contributed by atoms with E-state index in [0.717, 1.165) is 11.4 Å². The molecule has 0 spiro atoms. The predicted octanol–water partition coefficient (Wildman–Crippen LogP) is 3.29. The van der Waals surface area contributed by atoms with Crippen molar-refractivity contribution in [1.29, 1.82) is 0 Å². The zero-order valence-corrected chi connectivity index (χ0v) is 13.5. The lowest BCUT2D eigenvalue weighted by molar-refractivity contribution is 0.0962. The Bertz CT molecular complexity index is 890. The Hall–Kier alpha value is -3.15. The van der Waals surface area contributed by atoms with E-state index in [9.17, 15) is 9.18 Å². The van der Waals surface area contributed by atoms with Crippen LogP contribution in [0.25, 0.3) is 0 Å². The average Bonchev–Trinajstić information content (AvgIpc) is 3.06. The van der Waals surface area contributed by atoms with Crippen molar-refractivity contribution in [2.24, 2.45) is 0 Å². The van der Waals surface area contributed by atoms with Crippen LogP contribution in [0, 0.1) is 5.82 Å². The number of aromatic nitrogens is 2. The second-order valence-corrected chi connectivity index (χ2v) is 5.90. The lowest BCUT2D eigenvalue weighted by Crippen LogP contribution is -2.40. The summed E-state index contributed by atoms with van der Waals surface area (Å²) in [6.07, 6.45) is 0. The van der Waals surface area contributed by atoms with Gasteiger partial charge in [-0.05, 0) is 42.5 Å². The number of hydrogen-bond donors (Lipinski definition) is 1. The number of benzene rings is 2. The third-order valence-corrected chi connectivity index (χ3v) is 4.22. The van der Waals surface area contributed by atoms with E-state index in [1.807, 2.05) is 36.4 Å². The smallest absolute Gasteiger partial charge is 0.276 e. The Labute approximate surface area is 144 Å². The molecule has 1 aromatic heterocycles. The van der Waals surface area contributed by atoms with Crippen molar-refractivity contribution < 1.29 is 9.18 Å². The third-order valence-electron chi connectivity index (χ3n) is 4.22. The van der Waals surface area contributed by atoms with Gasteiger partial charge in [0.1, 0.15) is 11.5 Å². The number of nitrogens with one attached hydrogen (secondary N) is 1. The minimum absolute atomic E-state index is 0.115. The van der Waals surface area contributed by atoms with Crippen LogP contribution in [-0.2, 0) is 13.1 Å². The molecule has 25 heavy (non-hydrogen) atoms. The minimum atomic E-state index is -0.312. The molecule has 1 amide bonds. The molecule has 3 aromatic rings. The summed E-state index contributed by atoms with van der Waals surface area (Å²) >= 11 is 0. The van der Waals surface area contributed by atoms with Gasteiger partial charge in [-0.2, -0.15) is 5.10 Å². The first-order chi connectivity index (χ1) is 12.2. The van der Waals surface area contributed by atoms with Crippen molar-refractivity contribution in [3.05, 3.63) is 77.9 Å². The molecule has 6 heteroatoms. The van der Waals surface area contributed by atoms with Gasteiger partial charge in [-0.15, -0.1) is 0 Å². The maximum Gasteiger partial charge on any atom is 0.276 e. The van der Waals surface area contributed by atoms with Crippen LogP contribution >= 0.6 is 0 Å². The van der Waals surface area contributed by atoms with Gasteiger partial charge in [0.15, 0.2) is 0 Å². The summed E-state index contributed by atoms with van der Waals surface area (Å²) in [6.45, 7) is 1.68. The Morgan fingerprint density at radius 3 is 2.56 bits per heavy atom. The lowest BCUT2D eigenvalue weighted by Gasteiger charge is -2.27. The van der Waals surface area contributed by atoms with Crippen molar-refractivity contribution in [3.63, 3.8) is 0 Å². The molecule has 1 aliphatic heterocycles. The highest BCUT2D eigenvalue weighted by molar-refractivity contribution is 6.05. The van der Waals surface area contributed by atoms with E-state index in [0.29, 0.717) is 31.0 Å². The maximum absolute atomic E-state index is 13.1. The number of para-hydroxylation sites is 1. The number of halogens is 1. The zero-order valence-electron chi connectivity index (χ0n) is 13.5. The van der Waals surface area contributed by atoms with Gasteiger partial charge in [0, 0.05) is 17.9 Å². The largest absolute Gasteiger partial charge is 0.379 e. The molecule has 1 N–H and O–H groups in total. The van der Waals surface area contributed by atoms with E-state index in [-0.39, 0.29) is 11.7 Å². The summed E-state index contributed by atoms with van der Waals surface area (Å²) in [5, 5.41) is 7.80. The summed E-state index contributed by atoms with van der Waals surface area (Å²) in [7, 11) is 0. The van der Waals surface area contributed by atoms with E-state index < -0.39 is 0 Å². The molecule has 0 saturated carbocycles. The molecule has 0 radical (unpaired) electrons. The van der Waals surface area contributed by atoms with Crippen LogP contribution in [-0.4, -0.2) is 22.2 Å². The first kappa shape index (κ1) is 15.4. The second kappa shape index (κ2) is 6.39. The number of carbonyl (C=O) groups is 1. The summed E-state index contributed by atoms with van der Waals surface area (Å²) in [4.78, 5) is 14.4. The highest BCUT2D eigenvalue weighted by Crippen LogP contribution is 2.22. The molecule has 0 fully saturated rings. The van der Waals surface area contributed by atoms with Crippen molar-refractivity contribution >= 4 is 17.3 Å². The van der Waals surface area contributed by atoms with Gasteiger partial charge in [0.25, 0.3) is 5.91 Å². The fourth-order valence-corrected chi connectivity index (χ4v) is 2.95.